The highest BCUT2D eigenvalue weighted by atomic mass is 16.5. The van der Waals surface area contributed by atoms with Crippen LogP contribution in [-0.2, 0) is 7.05 Å². The quantitative estimate of drug-likeness (QED) is 0.740. The van der Waals surface area contributed by atoms with Gasteiger partial charge in [0.25, 0.3) is 0 Å². The van der Waals surface area contributed by atoms with Gasteiger partial charge in [0.2, 0.25) is 0 Å². The summed E-state index contributed by atoms with van der Waals surface area (Å²) >= 11 is 0. The molecular weight excluding hydrogens is 194 g/mol. The molecule has 2 unspecified atom stereocenters. The molecule has 1 aromatic rings. The van der Waals surface area contributed by atoms with Crippen molar-refractivity contribution in [2.45, 2.75) is 19.9 Å². The van der Waals surface area contributed by atoms with E-state index in [1.165, 1.54) is 18.0 Å². The Morgan fingerprint density at radius 3 is 2.67 bits per heavy atom. The second-order valence-corrected chi connectivity index (χ2v) is 3.70. The van der Waals surface area contributed by atoms with Crippen LogP contribution in [0.25, 0.3) is 0 Å². The van der Waals surface area contributed by atoms with Crippen LogP contribution >= 0.6 is 0 Å². The summed E-state index contributed by atoms with van der Waals surface area (Å²) in [5, 5.41) is 3.98. The highest BCUT2D eigenvalue weighted by Gasteiger charge is 2.25. The van der Waals surface area contributed by atoms with Gasteiger partial charge in [-0.15, -0.1) is 0 Å². The number of ether oxygens (including phenoxy) is 1. The number of methoxy groups -OCH3 is 1. The Hall–Kier alpha value is -1.36. The van der Waals surface area contributed by atoms with Crippen LogP contribution in [0, 0.1) is 5.92 Å². The Morgan fingerprint density at radius 1 is 1.60 bits per heavy atom. The molecule has 1 aromatic heterocycles. The smallest absolute Gasteiger partial charge is 0.188 e. The van der Waals surface area contributed by atoms with E-state index in [0.717, 1.165) is 0 Å². The Bertz CT molecular complexity index is 358. The summed E-state index contributed by atoms with van der Waals surface area (Å²) in [4.78, 5) is 12.0. The van der Waals surface area contributed by atoms with Crippen LogP contribution in [-0.4, -0.2) is 28.7 Å². The second-order valence-electron chi connectivity index (χ2n) is 3.70. The molecule has 2 atom stereocenters. The second kappa shape index (κ2) is 4.44. The molecule has 1 rings (SSSR count). The van der Waals surface area contributed by atoms with Gasteiger partial charge in [0.05, 0.1) is 13.3 Å². The molecule has 0 aliphatic heterocycles. The van der Waals surface area contributed by atoms with Gasteiger partial charge in [0.15, 0.2) is 11.5 Å². The predicted molar refractivity (Wildman–Crippen MR) is 56.9 cm³/mol. The number of carbonyl (C=O) groups is 1. The van der Waals surface area contributed by atoms with Gasteiger partial charge in [-0.05, 0) is 6.92 Å². The van der Waals surface area contributed by atoms with Crippen LogP contribution < -0.4 is 10.5 Å². The molecule has 15 heavy (non-hydrogen) atoms. The number of carbonyl (C=O) groups excluding carboxylic acids is 1. The van der Waals surface area contributed by atoms with Crippen molar-refractivity contribution in [2.75, 3.05) is 7.11 Å². The van der Waals surface area contributed by atoms with Gasteiger partial charge >= 0.3 is 0 Å². The normalized spacial score (nSPS) is 14.7. The molecule has 84 valence electrons. The zero-order valence-electron chi connectivity index (χ0n) is 9.52. The van der Waals surface area contributed by atoms with Gasteiger partial charge in [0.1, 0.15) is 5.69 Å². The topological polar surface area (TPSA) is 70.1 Å². The zero-order chi connectivity index (χ0) is 11.6. The minimum absolute atomic E-state index is 0.0400. The summed E-state index contributed by atoms with van der Waals surface area (Å²) in [5.74, 6) is 0.214. The molecule has 0 radical (unpaired) electrons. The number of hydrogen-bond donors (Lipinski definition) is 1. The van der Waals surface area contributed by atoms with Crippen molar-refractivity contribution < 1.29 is 9.53 Å². The van der Waals surface area contributed by atoms with Crippen molar-refractivity contribution in [1.29, 1.82) is 0 Å². The summed E-state index contributed by atoms with van der Waals surface area (Å²) in [6.07, 6.45) is 1.53. The molecule has 0 amide bonds. The molecule has 1 heterocycles. The molecule has 0 aliphatic carbocycles. The van der Waals surface area contributed by atoms with Gasteiger partial charge in [-0.1, -0.05) is 6.92 Å². The SMILES string of the molecule is COc1cnn(C)c1C(=O)C(C)C(C)N. The first kappa shape index (κ1) is 11.7. The third kappa shape index (κ3) is 2.18. The number of aromatic nitrogens is 2. The molecule has 2 N–H and O–H groups in total. The first-order chi connectivity index (χ1) is 6.99. The van der Waals surface area contributed by atoms with Crippen molar-refractivity contribution in [3.05, 3.63) is 11.9 Å². The number of aryl methyl sites for hydroxylation is 1. The maximum atomic E-state index is 12.0. The van der Waals surface area contributed by atoms with Crippen molar-refractivity contribution in [1.82, 2.24) is 9.78 Å². The number of nitrogens with two attached hydrogens (primary N) is 1. The van der Waals surface area contributed by atoms with E-state index in [1.54, 1.807) is 14.0 Å². The fraction of sp³-hybridized carbons (Fsp3) is 0.600. The van der Waals surface area contributed by atoms with Crippen LogP contribution in [0.2, 0.25) is 0 Å². The standard InChI is InChI=1S/C10H17N3O2/c1-6(7(2)11)10(14)9-8(15-4)5-12-13(9)3/h5-7H,11H2,1-4H3. The fourth-order valence-corrected chi connectivity index (χ4v) is 1.30. The van der Waals surface area contributed by atoms with E-state index in [-0.39, 0.29) is 17.7 Å². The predicted octanol–water partition coefficient (Wildman–Crippen LogP) is 0.595. The molecule has 0 saturated heterocycles. The van der Waals surface area contributed by atoms with E-state index in [0.29, 0.717) is 11.4 Å². The number of hydrogen-bond acceptors (Lipinski definition) is 4. The lowest BCUT2D eigenvalue weighted by Gasteiger charge is -2.14. The molecule has 0 spiro atoms. The van der Waals surface area contributed by atoms with E-state index in [4.69, 9.17) is 10.5 Å². The largest absolute Gasteiger partial charge is 0.493 e. The van der Waals surface area contributed by atoms with E-state index in [2.05, 4.69) is 5.10 Å². The van der Waals surface area contributed by atoms with Crippen LogP contribution in [0.4, 0.5) is 0 Å². The lowest BCUT2D eigenvalue weighted by atomic mass is 9.97. The third-order valence-corrected chi connectivity index (χ3v) is 2.56. The van der Waals surface area contributed by atoms with Gasteiger partial charge in [-0.3, -0.25) is 9.48 Å². The molecule has 0 aromatic carbocycles. The monoisotopic (exact) mass is 211 g/mol. The highest BCUT2D eigenvalue weighted by molar-refractivity contribution is 5.98. The minimum atomic E-state index is -0.241. The van der Waals surface area contributed by atoms with Gasteiger partial charge in [-0.25, -0.2) is 0 Å². The molecular formula is C10H17N3O2. The Balaban J connectivity index is 3.04. The Labute approximate surface area is 89.2 Å². The number of Topliss-reactive ketones (excluding diaryl/α,β-unsaturated/α-hetero) is 1. The van der Waals surface area contributed by atoms with E-state index >= 15 is 0 Å². The average molecular weight is 211 g/mol. The average Bonchev–Trinajstić information content (AvgIpc) is 2.57. The van der Waals surface area contributed by atoms with Crippen LogP contribution in [0.1, 0.15) is 24.3 Å². The van der Waals surface area contributed by atoms with Crippen molar-refractivity contribution in [3.63, 3.8) is 0 Å². The maximum Gasteiger partial charge on any atom is 0.188 e. The van der Waals surface area contributed by atoms with E-state index in [9.17, 15) is 4.79 Å². The summed E-state index contributed by atoms with van der Waals surface area (Å²) in [7, 11) is 3.23. The summed E-state index contributed by atoms with van der Waals surface area (Å²) in [6.45, 7) is 3.62. The molecule has 0 bridgehead atoms. The summed E-state index contributed by atoms with van der Waals surface area (Å²) in [5.41, 5.74) is 6.17. The first-order valence-electron chi connectivity index (χ1n) is 4.84. The van der Waals surface area contributed by atoms with Gasteiger partial charge < -0.3 is 10.5 Å². The number of ketones is 1. The van der Waals surface area contributed by atoms with Crippen molar-refractivity contribution >= 4 is 5.78 Å². The van der Waals surface area contributed by atoms with Crippen LogP contribution in [0.3, 0.4) is 0 Å². The van der Waals surface area contributed by atoms with E-state index in [1.807, 2.05) is 6.92 Å². The number of rotatable bonds is 4. The molecule has 0 aliphatic rings. The number of nitrogens with zero attached hydrogens (tertiary/aromatic N) is 2. The third-order valence-electron chi connectivity index (χ3n) is 2.56. The highest BCUT2D eigenvalue weighted by Crippen LogP contribution is 2.21. The van der Waals surface area contributed by atoms with Gasteiger partial charge in [-0.2, -0.15) is 5.10 Å². The molecule has 5 heteroatoms. The lowest BCUT2D eigenvalue weighted by Crippen LogP contribution is -2.31. The lowest BCUT2D eigenvalue weighted by molar-refractivity contribution is 0.0904. The molecule has 0 saturated carbocycles. The van der Waals surface area contributed by atoms with Crippen molar-refractivity contribution in [3.8, 4) is 5.75 Å². The summed E-state index contributed by atoms with van der Waals surface area (Å²) in [6, 6.07) is -0.183. The van der Waals surface area contributed by atoms with Crippen LogP contribution in [0.15, 0.2) is 6.20 Å². The van der Waals surface area contributed by atoms with Gasteiger partial charge in [0, 0.05) is 19.0 Å². The minimum Gasteiger partial charge on any atom is -0.493 e. The first-order valence-corrected chi connectivity index (χ1v) is 4.84. The molecule has 0 fully saturated rings. The Kier molecular flexibility index (Phi) is 3.47. The van der Waals surface area contributed by atoms with Crippen LogP contribution in [0.5, 0.6) is 5.75 Å². The fourth-order valence-electron chi connectivity index (χ4n) is 1.30. The molecule has 5 nitrogen and oxygen atoms in total. The van der Waals surface area contributed by atoms with E-state index < -0.39 is 0 Å². The van der Waals surface area contributed by atoms with Crippen molar-refractivity contribution in [2.24, 2.45) is 18.7 Å². The zero-order valence-corrected chi connectivity index (χ0v) is 9.52. The summed E-state index contributed by atoms with van der Waals surface area (Å²) < 4.78 is 6.59. The Morgan fingerprint density at radius 2 is 2.20 bits per heavy atom. The maximum absolute atomic E-state index is 12.0.